The minimum absolute atomic E-state index is 0.236. The van der Waals surface area contributed by atoms with Crippen LogP contribution in [0.5, 0.6) is 0 Å². The van der Waals surface area contributed by atoms with Crippen LogP contribution in [0.4, 0.5) is 5.13 Å². The monoisotopic (exact) mass is 374 g/mol. The van der Waals surface area contributed by atoms with Crippen LogP contribution in [-0.4, -0.2) is 10.9 Å². The molecule has 132 valence electrons. The van der Waals surface area contributed by atoms with Crippen molar-refractivity contribution in [1.82, 2.24) is 4.98 Å². The third-order valence-electron chi connectivity index (χ3n) is 3.93. The van der Waals surface area contributed by atoms with Gasteiger partial charge in [-0.1, -0.05) is 74.9 Å². The first-order chi connectivity index (χ1) is 12.1. The topological polar surface area (TPSA) is 42.0 Å². The Bertz CT molecular complexity index is 860. The van der Waals surface area contributed by atoms with Crippen LogP contribution in [0.1, 0.15) is 56.0 Å². The third kappa shape index (κ3) is 4.39. The highest BCUT2D eigenvalue weighted by molar-refractivity contribution is 7.22. The van der Waals surface area contributed by atoms with Crippen molar-refractivity contribution in [3.63, 3.8) is 0 Å². The lowest BCUT2D eigenvalue weighted by molar-refractivity contribution is 0.102. The summed E-state index contributed by atoms with van der Waals surface area (Å²) in [6, 6.07) is 13.2. The number of hydrogen-bond donors (Lipinski definition) is 1. The second-order valence-corrected chi connectivity index (χ2v) is 6.89. The minimum Gasteiger partial charge on any atom is -0.298 e. The Kier molecular flexibility index (Phi) is 6.97. The fourth-order valence-electron chi connectivity index (χ4n) is 2.45. The molecule has 2 aromatic carbocycles. The van der Waals surface area contributed by atoms with Crippen molar-refractivity contribution in [3.8, 4) is 0 Å². The van der Waals surface area contributed by atoms with E-state index in [1.54, 1.807) is 24.3 Å². The minimum atomic E-state index is -0.236. The molecule has 0 saturated heterocycles. The Labute approximate surface area is 158 Å². The molecule has 0 aliphatic rings. The van der Waals surface area contributed by atoms with E-state index in [0.29, 0.717) is 21.6 Å². The van der Waals surface area contributed by atoms with E-state index in [-0.39, 0.29) is 5.91 Å². The van der Waals surface area contributed by atoms with Crippen molar-refractivity contribution in [3.05, 3.63) is 58.6 Å². The lowest BCUT2D eigenvalue weighted by Crippen LogP contribution is -2.12. The SMILES string of the molecule is CC.CCC(C)c1cccc2sc(NC(=O)c3ccccc3Cl)nc12. The summed E-state index contributed by atoms with van der Waals surface area (Å²) in [6.07, 6.45) is 1.05. The molecule has 0 aliphatic carbocycles. The fraction of sp³-hybridized carbons (Fsp3) is 0.300. The van der Waals surface area contributed by atoms with E-state index in [1.807, 2.05) is 26.0 Å². The first kappa shape index (κ1) is 19.4. The number of aromatic nitrogens is 1. The van der Waals surface area contributed by atoms with E-state index >= 15 is 0 Å². The number of nitrogens with zero attached hydrogens (tertiary/aromatic N) is 1. The molecule has 0 aliphatic heterocycles. The van der Waals surface area contributed by atoms with Crippen molar-refractivity contribution in [2.75, 3.05) is 5.32 Å². The molecule has 0 fully saturated rings. The lowest BCUT2D eigenvalue weighted by atomic mass is 9.98. The number of fused-ring (bicyclic) bond motifs is 1. The Morgan fingerprint density at radius 3 is 2.60 bits per heavy atom. The van der Waals surface area contributed by atoms with Crippen molar-refractivity contribution >= 4 is 44.2 Å². The van der Waals surface area contributed by atoms with Gasteiger partial charge >= 0.3 is 0 Å². The highest BCUT2D eigenvalue weighted by Gasteiger charge is 2.15. The van der Waals surface area contributed by atoms with Gasteiger partial charge in [-0.2, -0.15) is 0 Å². The molecule has 1 N–H and O–H groups in total. The van der Waals surface area contributed by atoms with Gasteiger partial charge in [-0.05, 0) is 36.1 Å². The molecule has 0 radical (unpaired) electrons. The Hall–Kier alpha value is -1.91. The predicted octanol–water partition coefficient (Wildman–Crippen LogP) is 6.74. The van der Waals surface area contributed by atoms with Crippen molar-refractivity contribution < 1.29 is 4.79 Å². The number of carbonyl (C=O) groups is 1. The average molecular weight is 375 g/mol. The first-order valence-electron chi connectivity index (χ1n) is 8.55. The first-order valence-corrected chi connectivity index (χ1v) is 9.75. The number of para-hydroxylation sites is 1. The number of anilines is 1. The maximum atomic E-state index is 12.4. The fourth-order valence-corrected chi connectivity index (χ4v) is 3.57. The molecule has 0 spiro atoms. The molecule has 3 aromatic rings. The number of thiazole rings is 1. The third-order valence-corrected chi connectivity index (χ3v) is 5.20. The van der Waals surface area contributed by atoms with E-state index < -0.39 is 0 Å². The summed E-state index contributed by atoms with van der Waals surface area (Å²) in [5.74, 6) is 0.202. The van der Waals surface area contributed by atoms with Crippen molar-refractivity contribution in [2.24, 2.45) is 0 Å². The molecule has 1 atom stereocenters. The number of hydrogen-bond acceptors (Lipinski definition) is 3. The van der Waals surface area contributed by atoms with Crippen LogP contribution < -0.4 is 5.32 Å². The highest BCUT2D eigenvalue weighted by Crippen LogP contribution is 2.33. The van der Waals surface area contributed by atoms with Gasteiger partial charge in [0.25, 0.3) is 5.91 Å². The zero-order valence-corrected chi connectivity index (χ0v) is 16.5. The molecule has 1 heterocycles. The van der Waals surface area contributed by atoms with Crippen LogP contribution in [0.15, 0.2) is 42.5 Å². The summed E-state index contributed by atoms with van der Waals surface area (Å²) in [6.45, 7) is 8.35. The van der Waals surface area contributed by atoms with Crippen LogP contribution in [0, 0.1) is 0 Å². The van der Waals surface area contributed by atoms with E-state index in [9.17, 15) is 4.79 Å². The summed E-state index contributed by atoms with van der Waals surface area (Å²) in [5, 5.41) is 3.89. The summed E-state index contributed by atoms with van der Waals surface area (Å²) in [5.41, 5.74) is 2.65. The lowest BCUT2D eigenvalue weighted by Gasteiger charge is -2.08. The number of nitrogens with one attached hydrogen (secondary N) is 1. The number of benzene rings is 2. The predicted molar refractivity (Wildman–Crippen MR) is 109 cm³/mol. The summed E-state index contributed by atoms with van der Waals surface area (Å²) >= 11 is 7.55. The standard InChI is InChI=1S/C18H17ClN2OS.C2H6/c1-3-11(2)12-8-6-10-15-16(12)20-18(23-15)21-17(22)13-7-4-5-9-14(13)19;1-2/h4-11H,3H2,1-2H3,(H,20,21,22);1-2H3. The van der Waals surface area contributed by atoms with Gasteiger partial charge in [0.1, 0.15) is 0 Å². The van der Waals surface area contributed by atoms with Gasteiger partial charge in [0.2, 0.25) is 0 Å². The molecule has 1 amide bonds. The maximum absolute atomic E-state index is 12.4. The quantitative estimate of drug-likeness (QED) is 0.549. The van der Waals surface area contributed by atoms with Gasteiger partial charge in [0.05, 0.1) is 20.8 Å². The van der Waals surface area contributed by atoms with E-state index in [4.69, 9.17) is 11.6 Å². The Balaban J connectivity index is 0.00000109. The zero-order chi connectivity index (χ0) is 18.4. The Morgan fingerprint density at radius 2 is 1.92 bits per heavy atom. The normalized spacial score (nSPS) is 11.6. The maximum Gasteiger partial charge on any atom is 0.258 e. The van der Waals surface area contributed by atoms with Crippen LogP contribution >= 0.6 is 22.9 Å². The summed E-state index contributed by atoms with van der Waals surface area (Å²) in [4.78, 5) is 17.0. The van der Waals surface area contributed by atoms with Gasteiger partial charge in [-0.3, -0.25) is 10.1 Å². The average Bonchev–Trinajstić information content (AvgIpc) is 3.05. The van der Waals surface area contributed by atoms with Gasteiger partial charge in [-0.25, -0.2) is 4.98 Å². The molecular weight excluding hydrogens is 352 g/mol. The number of amides is 1. The molecule has 1 aromatic heterocycles. The molecular formula is C20H23ClN2OS. The molecule has 3 nitrogen and oxygen atoms in total. The van der Waals surface area contributed by atoms with E-state index in [0.717, 1.165) is 16.6 Å². The van der Waals surface area contributed by atoms with Crippen molar-refractivity contribution in [1.29, 1.82) is 0 Å². The molecule has 1 unspecified atom stereocenters. The second kappa shape index (κ2) is 8.97. The summed E-state index contributed by atoms with van der Waals surface area (Å²) in [7, 11) is 0. The summed E-state index contributed by atoms with van der Waals surface area (Å²) < 4.78 is 1.08. The number of halogens is 1. The van der Waals surface area contributed by atoms with E-state index in [1.165, 1.54) is 16.9 Å². The van der Waals surface area contributed by atoms with E-state index in [2.05, 4.69) is 30.2 Å². The van der Waals surface area contributed by atoms with Gasteiger partial charge in [0.15, 0.2) is 5.13 Å². The largest absolute Gasteiger partial charge is 0.298 e. The highest BCUT2D eigenvalue weighted by atomic mass is 35.5. The number of carbonyl (C=O) groups excluding carboxylic acids is 1. The van der Waals surface area contributed by atoms with Gasteiger partial charge < -0.3 is 0 Å². The number of rotatable bonds is 4. The molecule has 25 heavy (non-hydrogen) atoms. The van der Waals surface area contributed by atoms with Gasteiger partial charge in [0, 0.05) is 0 Å². The van der Waals surface area contributed by atoms with Crippen molar-refractivity contribution in [2.45, 2.75) is 40.0 Å². The van der Waals surface area contributed by atoms with Gasteiger partial charge in [-0.15, -0.1) is 0 Å². The molecule has 0 bridgehead atoms. The molecule has 5 heteroatoms. The van der Waals surface area contributed by atoms with Crippen LogP contribution in [0.25, 0.3) is 10.2 Å². The zero-order valence-electron chi connectivity index (χ0n) is 15.0. The van der Waals surface area contributed by atoms with Crippen LogP contribution in [0.2, 0.25) is 5.02 Å². The van der Waals surface area contributed by atoms with Crippen LogP contribution in [-0.2, 0) is 0 Å². The molecule has 3 rings (SSSR count). The van der Waals surface area contributed by atoms with Crippen LogP contribution in [0.3, 0.4) is 0 Å². The Morgan fingerprint density at radius 1 is 1.20 bits per heavy atom. The molecule has 0 saturated carbocycles. The smallest absolute Gasteiger partial charge is 0.258 e. The second-order valence-electron chi connectivity index (χ2n) is 5.46.